The Morgan fingerprint density at radius 3 is 2.62 bits per heavy atom. The van der Waals surface area contributed by atoms with E-state index in [9.17, 15) is 9.59 Å². The first kappa shape index (κ1) is 17.8. The third-order valence-corrected chi connectivity index (χ3v) is 4.36. The van der Waals surface area contributed by atoms with Crippen LogP contribution in [0.15, 0.2) is 30.3 Å². The maximum absolute atomic E-state index is 12.5. The Labute approximate surface area is 152 Å². The van der Waals surface area contributed by atoms with Crippen LogP contribution >= 0.6 is 0 Å². The van der Waals surface area contributed by atoms with E-state index in [-0.39, 0.29) is 17.9 Å². The van der Waals surface area contributed by atoms with Crippen LogP contribution < -0.4 is 10.6 Å². The predicted octanol–water partition coefficient (Wildman–Crippen LogP) is 2.99. The summed E-state index contributed by atoms with van der Waals surface area (Å²) in [5.74, 6) is -0.399. The lowest BCUT2D eigenvalue weighted by atomic mass is 10.2. The molecule has 0 aliphatic heterocycles. The molecule has 2 N–H and O–H groups in total. The third kappa shape index (κ3) is 4.17. The standard InChI is InChI=1S/C19H22N4O3/c1-12-11-16(17(24)21-13-7-3-4-8-13)23-19(20-12)22-15-10-6-5-9-14(15)18(25)26-2/h5-6,9-11,13H,3-4,7-8H2,1-2H3,(H,21,24)(H,20,22,23). The molecule has 1 saturated carbocycles. The average molecular weight is 354 g/mol. The van der Waals surface area contributed by atoms with Crippen LogP contribution in [0.3, 0.4) is 0 Å². The van der Waals surface area contributed by atoms with Gasteiger partial charge in [-0.05, 0) is 38.0 Å². The largest absolute Gasteiger partial charge is 0.465 e. The van der Waals surface area contributed by atoms with Gasteiger partial charge >= 0.3 is 5.97 Å². The first-order chi connectivity index (χ1) is 12.6. The van der Waals surface area contributed by atoms with E-state index in [1.807, 2.05) is 0 Å². The SMILES string of the molecule is COC(=O)c1ccccc1Nc1nc(C)cc(C(=O)NC2CCCC2)n1. The number of aryl methyl sites for hydroxylation is 1. The van der Waals surface area contributed by atoms with Gasteiger partial charge in [0.2, 0.25) is 5.95 Å². The minimum absolute atomic E-state index is 0.202. The van der Waals surface area contributed by atoms with Crippen molar-refractivity contribution in [3.05, 3.63) is 47.3 Å². The van der Waals surface area contributed by atoms with Crippen LogP contribution in [0.1, 0.15) is 52.2 Å². The fraction of sp³-hybridized carbons (Fsp3) is 0.368. The molecule has 1 heterocycles. The van der Waals surface area contributed by atoms with Crippen molar-refractivity contribution in [1.29, 1.82) is 0 Å². The molecule has 0 bridgehead atoms. The van der Waals surface area contributed by atoms with Crippen LogP contribution in [0, 0.1) is 6.92 Å². The molecule has 3 rings (SSSR count). The Kier molecular flexibility index (Phi) is 5.46. The summed E-state index contributed by atoms with van der Waals surface area (Å²) >= 11 is 0. The van der Waals surface area contributed by atoms with Crippen LogP contribution in [0.25, 0.3) is 0 Å². The Balaban J connectivity index is 1.82. The van der Waals surface area contributed by atoms with Gasteiger partial charge < -0.3 is 15.4 Å². The molecular weight excluding hydrogens is 332 g/mol. The highest BCUT2D eigenvalue weighted by molar-refractivity contribution is 5.96. The Morgan fingerprint density at radius 2 is 1.88 bits per heavy atom. The summed E-state index contributed by atoms with van der Waals surface area (Å²) in [5.41, 5.74) is 1.86. The topological polar surface area (TPSA) is 93.2 Å². The van der Waals surface area contributed by atoms with Gasteiger partial charge in [0.05, 0.1) is 18.4 Å². The van der Waals surface area contributed by atoms with E-state index < -0.39 is 5.97 Å². The van der Waals surface area contributed by atoms with Crippen LogP contribution in [-0.2, 0) is 4.74 Å². The van der Waals surface area contributed by atoms with Gasteiger partial charge in [-0.2, -0.15) is 0 Å². The zero-order valence-corrected chi connectivity index (χ0v) is 14.9. The summed E-state index contributed by atoms with van der Waals surface area (Å²) in [6, 6.07) is 8.79. The number of esters is 1. The second-order valence-electron chi connectivity index (χ2n) is 6.34. The summed E-state index contributed by atoms with van der Waals surface area (Å²) in [6.07, 6.45) is 4.30. The number of methoxy groups -OCH3 is 1. The molecule has 1 amide bonds. The molecule has 136 valence electrons. The molecule has 2 aromatic rings. The number of carbonyl (C=O) groups is 2. The van der Waals surface area contributed by atoms with Gasteiger partial charge in [-0.1, -0.05) is 25.0 Å². The second-order valence-corrected chi connectivity index (χ2v) is 6.34. The highest BCUT2D eigenvalue weighted by atomic mass is 16.5. The van der Waals surface area contributed by atoms with Crippen molar-refractivity contribution in [3.8, 4) is 0 Å². The van der Waals surface area contributed by atoms with Crippen molar-refractivity contribution in [2.24, 2.45) is 0 Å². The van der Waals surface area contributed by atoms with E-state index in [0.29, 0.717) is 22.6 Å². The van der Waals surface area contributed by atoms with Crippen LogP contribution in [-0.4, -0.2) is 35.0 Å². The molecular formula is C19H22N4O3. The number of nitrogens with one attached hydrogen (secondary N) is 2. The number of para-hydroxylation sites is 1. The van der Waals surface area contributed by atoms with E-state index in [1.165, 1.54) is 7.11 Å². The summed E-state index contributed by atoms with van der Waals surface area (Å²) in [4.78, 5) is 33.0. The monoisotopic (exact) mass is 354 g/mol. The number of carbonyl (C=O) groups excluding carboxylic acids is 2. The minimum atomic E-state index is -0.458. The number of nitrogens with zero attached hydrogens (tertiary/aromatic N) is 2. The van der Waals surface area contributed by atoms with Crippen molar-refractivity contribution >= 4 is 23.5 Å². The first-order valence-electron chi connectivity index (χ1n) is 8.67. The normalized spacial score (nSPS) is 14.1. The highest BCUT2D eigenvalue weighted by Crippen LogP contribution is 2.21. The van der Waals surface area contributed by atoms with E-state index in [4.69, 9.17) is 4.74 Å². The molecule has 1 aromatic carbocycles. The minimum Gasteiger partial charge on any atom is -0.465 e. The molecule has 26 heavy (non-hydrogen) atoms. The van der Waals surface area contributed by atoms with Gasteiger partial charge in [0.15, 0.2) is 0 Å². The van der Waals surface area contributed by atoms with Gasteiger partial charge in [-0.25, -0.2) is 14.8 Å². The smallest absolute Gasteiger partial charge is 0.339 e. The zero-order valence-electron chi connectivity index (χ0n) is 14.9. The molecule has 1 aromatic heterocycles. The van der Waals surface area contributed by atoms with Crippen molar-refractivity contribution in [2.75, 3.05) is 12.4 Å². The summed E-state index contributed by atoms with van der Waals surface area (Å²) in [6.45, 7) is 1.80. The van der Waals surface area contributed by atoms with E-state index in [1.54, 1.807) is 37.3 Å². The van der Waals surface area contributed by atoms with Crippen molar-refractivity contribution in [1.82, 2.24) is 15.3 Å². The summed E-state index contributed by atoms with van der Waals surface area (Å²) in [7, 11) is 1.33. The average Bonchev–Trinajstić information content (AvgIpc) is 3.14. The second kappa shape index (κ2) is 7.95. The summed E-state index contributed by atoms with van der Waals surface area (Å²) < 4.78 is 4.79. The number of hydrogen-bond acceptors (Lipinski definition) is 6. The lowest BCUT2D eigenvalue weighted by Gasteiger charge is -2.13. The number of anilines is 2. The maximum atomic E-state index is 12.5. The van der Waals surface area contributed by atoms with E-state index in [0.717, 1.165) is 25.7 Å². The molecule has 1 aliphatic carbocycles. The Hall–Kier alpha value is -2.96. The third-order valence-electron chi connectivity index (χ3n) is 4.36. The van der Waals surface area contributed by atoms with E-state index >= 15 is 0 Å². The molecule has 1 aliphatic rings. The number of benzene rings is 1. The van der Waals surface area contributed by atoms with Gasteiger partial charge in [-0.15, -0.1) is 0 Å². The van der Waals surface area contributed by atoms with Gasteiger partial charge in [0.1, 0.15) is 5.69 Å². The molecule has 0 atom stereocenters. The molecule has 0 saturated heterocycles. The molecule has 0 unspecified atom stereocenters. The number of aromatic nitrogens is 2. The predicted molar refractivity (Wildman–Crippen MR) is 97.6 cm³/mol. The quantitative estimate of drug-likeness (QED) is 0.802. The fourth-order valence-electron chi connectivity index (χ4n) is 3.07. The zero-order chi connectivity index (χ0) is 18.5. The van der Waals surface area contributed by atoms with Crippen molar-refractivity contribution in [2.45, 2.75) is 38.6 Å². The van der Waals surface area contributed by atoms with Gasteiger partial charge in [-0.3, -0.25) is 4.79 Å². The molecule has 7 heteroatoms. The number of hydrogen-bond donors (Lipinski definition) is 2. The van der Waals surface area contributed by atoms with E-state index in [2.05, 4.69) is 20.6 Å². The number of amides is 1. The van der Waals surface area contributed by atoms with Gasteiger partial charge in [0.25, 0.3) is 5.91 Å². The number of rotatable bonds is 5. The lowest BCUT2D eigenvalue weighted by Crippen LogP contribution is -2.33. The molecule has 0 spiro atoms. The van der Waals surface area contributed by atoms with Crippen LogP contribution in [0.5, 0.6) is 0 Å². The first-order valence-corrected chi connectivity index (χ1v) is 8.67. The Bertz CT molecular complexity index is 816. The highest BCUT2D eigenvalue weighted by Gasteiger charge is 2.20. The van der Waals surface area contributed by atoms with Crippen molar-refractivity contribution < 1.29 is 14.3 Å². The fourth-order valence-corrected chi connectivity index (χ4v) is 3.07. The summed E-state index contributed by atoms with van der Waals surface area (Å²) in [5, 5.41) is 6.04. The molecule has 1 fully saturated rings. The van der Waals surface area contributed by atoms with Crippen molar-refractivity contribution in [3.63, 3.8) is 0 Å². The maximum Gasteiger partial charge on any atom is 0.339 e. The molecule has 0 radical (unpaired) electrons. The number of ether oxygens (including phenoxy) is 1. The molecule has 7 nitrogen and oxygen atoms in total. The Morgan fingerprint density at radius 1 is 1.15 bits per heavy atom. The van der Waals surface area contributed by atoms with Crippen LogP contribution in [0.4, 0.5) is 11.6 Å². The van der Waals surface area contributed by atoms with Gasteiger partial charge in [0, 0.05) is 11.7 Å². The van der Waals surface area contributed by atoms with Crippen LogP contribution in [0.2, 0.25) is 0 Å². The lowest BCUT2D eigenvalue weighted by molar-refractivity contribution is 0.0601.